The first kappa shape index (κ1) is 10.2. The molecule has 0 aliphatic rings. The fourth-order valence-corrected chi connectivity index (χ4v) is 2.49. The Labute approximate surface area is 102 Å². The van der Waals surface area contributed by atoms with Gasteiger partial charge in [0, 0.05) is 17.1 Å². The van der Waals surface area contributed by atoms with E-state index in [1.165, 1.54) is 11.3 Å². The van der Waals surface area contributed by atoms with Crippen molar-refractivity contribution in [1.29, 1.82) is 0 Å². The second-order valence-electron chi connectivity index (χ2n) is 3.82. The number of carbonyl (C=O) groups excluding carboxylic acids is 1. The van der Waals surface area contributed by atoms with E-state index in [-0.39, 0.29) is 0 Å². The van der Waals surface area contributed by atoms with Gasteiger partial charge in [-0.1, -0.05) is 0 Å². The number of hydrogen-bond donors (Lipinski definition) is 0. The molecule has 0 fully saturated rings. The number of furan rings is 1. The zero-order valence-corrected chi connectivity index (χ0v) is 9.95. The van der Waals surface area contributed by atoms with Gasteiger partial charge in [-0.15, -0.1) is 11.3 Å². The lowest BCUT2D eigenvalue weighted by Crippen LogP contribution is -1.75. The Bertz CT molecular complexity index is 696. The summed E-state index contributed by atoms with van der Waals surface area (Å²) >= 11 is 1.39. The van der Waals surface area contributed by atoms with Gasteiger partial charge in [0.15, 0.2) is 6.29 Å². The maximum Gasteiger partial charge on any atom is 0.161 e. The number of aryl methyl sites for hydroxylation is 1. The number of carbonyl (C=O) groups is 1. The molecule has 0 radical (unpaired) electrons. The number of aromatic nitrogens is 1. The molecule has 0 atom stereocenters. The second kappa shape index (κ2) is 3.82. The van der Waals surface area contributed by atoms with Crippen LogP contribution in [0.25, 0.3) is 21.5 Å². The van der Waals surface area contributed by atoms with E-state index in [0.717, 1.165) is 33.4 Å². The first-order valence-electron chi connectivity index (χ1n) is 5.17. The third kappa shape index (κ3) is 1.66. The quantitative estimate of drug-likeness (QED) is 0.645. The van der Waals surface area contributed by atoms with Gasteiger partial charge in [0.25, 0.3) is 0 Å². The summed E-state index contributed by atoms with van der Waals surface area (Å²) in [5.74, 6) is 0. The normalized spacial score (nSPS) is 10.9. The zero-order chi connectivity index (χ0) is 11.8. The Morgan fingerprint density at radius 3 is 3.06 bits per heavy atom. The number of hydrogen-bond acceptors (Lipinski definition) is 4. The molecule has 3 aromatic rings. The predicted molar refractivity (Wildman–Crippen MR) is 67.4 cm³/mol. The van der Waals surface area contributed by atoms with Gasteiger partial charge in [-0.2, -0.15) is 0 Å². The summed E-state index contributed by atoms with van der Waals surface area (Å²) in [4.78, 5) is 15.5. The van der Waals surface area contributed by atoms with Crippen LogP contribution < -0.4 is 0 Å². The van der Waals surface area contributed by atoms with E-state index >= 15 is 0 Å². The molecular weight excluding hydrogens is 234 g/mol. The van der Waals surface area contributed by atoms with E-state index in [0.29, 0.717) is 4.88 Å². The molecule has 0 saturated carbocycles. The predicted octanol–water partition coefficient (Wildman–Crippen LogP) is 3.68. The summed E-state index contributed by atoms with van der Waals surface area (Å²) in [5, 5.41) is 1.94. The smallest absolute Gasteiger partial charge is 0.161 e. The number of rotatable bonds is 2. The van der Waals surface area contributed by atoms with Crippen molar-refractivity contribution in [2.24, 2.45) is 0 Å². The van der Waals surface area contributed by atoms with Gasteiger partial charge in [0.1, 0.15) is 10.6 Å². The van der Waals surface area contributed by atoms with Crippen LogP contribution in [0.5, 0.6) is 0 Å². The van der Waals surface area contributed by atoms with Gasteiger partial charge in [-0.3, -0.25) is 4.79 Å². The molecule has 3 nitrogen and oxygen atoms in total. The topological polar surface area (TPSA) is 43.1 Å². The van der Waals surface area contributed by atoms with Crippen LogP contribution in [0, 0.1) is 6.92 Å². The average Bonchev–Trinajstić information content (AvgIpc) is 2.96. The average molecular weight is 243 g/mol. The van der Waals surface area contributed by atoms with Crippen molar-refractivity contribution in [2.75, 3.05) is 0 Å². The van der Waals surface area contributed by atoms with Gasteiger partial charge < -0.3 is 4.42 Å². The fraction of sp³-hybridized carbons (Fsp3) is 0.0769. The van der Waals surface area contributed by atoms with Crippen molar-refractivity contribution in [1.82, 2.24) is 4.98 Å². The maximum atomic E-state index is 10.6. The Kier molecular flexibility index (Phi) is 2.30. The SMILES string of the molecule is Cc1coc2ccc(-c3ncc(C=O)s3)cc12. The van der Waals surface area contributed by atoms with Gasteiger partial charge >= 0.3 is 0 Å². The molecule has 0 bridgehead atoms. The number of aldehydes is 1. The summed E-state index contributed by atoms with van der Waals surface area (Å²) in [6.07, 6.45) is 4.16. The first-order valence-corrected chi connectivity index (χ1v) is 5.99. The summed E-state index contributed by atoms with van der Waals surface area (Å²) in [5.41, 5.74) is 2.99. The number of nitrogens with zero attached hydrogens (tertiary/aromatic N) is 1. The molecule has 0 spiro atoms. The summed E-state index contributed by atoms with van der Waals surface area (Å²) in [7, 11) is 0. The fourth-order valence-electron chi connectivity index (χ4n) is 1.76. The highest BCUT2D eigenvalue weighted by atomic mass is 32.1. The van der Waals surface area contributed by atoms with E-state index in [1.54, 1.807) is 12.5 Å². The minimum atomic E-state index is 0.643. The molecule has 0 aliphatic carbocycles. The highest BCUT2D eigenvalue weighted by Crippen LogP contribution is 2.29. The third-order valence-corrected chi connectivity index (χ3v) is 3.63. The van der Waals surface area contributed by atoms with Gasteiger partial charge in [0.2, 0.25) is 0 Å². The molecule has 0 aliphatic heterocycles. The van der Waals surface area contributed by atoms with Crippen molar-refractivity contribution in [3.63, 3.8) is 0 Å². The molecule has 3 rings (SSSR count). The number of benzene rings is 1. The van der Waals surface area contributed by atoms with Crippen LogP contribution in [-0.4, -0.2) is 11.3 Å². The van der Waals surface area contributed by atoms with E-state index < -0.39 is 0 Å². The molecule has 2 heterocycles. The van der Waals surface area contributed by atoms with Crippen LogP contribution in [0.1, 0.15) is 15.2 Å². The minimum Gasteiger partial charge on any atom is -0.464 e. The molecule has 17 heavy (non-hydrogen) atoms. The van der Waals surface area contributed by atoms with Crippen LogP contribution in [0.2, 0.25) is 0 Å². The molecule has 0 amide bonds. The molecular formula is C13H9NO2S. The molecule has 2 aromatic heterocycles. The Morgan fingerprint density at radius 1 is 1.41 bits per heavy atom. The lowest BCUT2D eigenvalue weighted by Gasteiger charge is -1.96. The van der Waals surface area contributed by atoms with Crippen LogP contribution in [0.4, 0.5) is 0 Å². The van der Waals surface area contributed by atoms with Crippen molar-refractivity contribution in [3.05, 3.63) is 41.1 Å². The lowest BCUT2D eigenvalue weighted by atomic mass is 10.1. The van der Waals surface area contributed by atoms with Gasteiger partial charge in [0.05, 0.1) is 11.1 Å². The zero-order valence-electron chi connectivity index (χ0n) is 9.14. The molecule has 0 saturated heterocycles. The highest BCUT2D eigenvalue weighted by Gasteiger charge is 2.07. The van der Waals surface area contributed by atoms with Gasteiger partial charge in [-0.25, -0.2) is 4.98 Å². The summed E-state index contributed by atoms with van der Waals surface area (Å²) in [6, 6.07) is 5.93. The van der Waals surface area contributed by atoms with Crippen LogP contribution in [0.15, 0.2) is 35.1 Å². The molecule has 0 N–H and O–H groups in total. The number of fused-ring (bicyclic) bond motifs is 1. The first-order chi connectivity index (χ1) is 8.28. The van der Waals surface area contributed by atoms with E-state index in [1.807, 2.05) is 25.1 Å². The van der Waals surface area contributed by atoms with E-state index in [9.17, 15) is 4.79 Å². The van der Waals surface area contributed by atoms with E-state index in [2.05, 4.69) is 4.98 Å². The summed E-state index contributed by atoms with van der Waals surface area (Å²) in [6.45, 7) is 2.01. The molecule has 1 aromatic carbocycles. The van der Waals surface area contributed by atoms with Crippen LogP contribution >= 0.6 is 11.3 Å². The lowest BCUT2D eigenvalue weighted by molar-refractivity contribution is 0.112. The van der Waals surface area contributed by atoms with Crippen molar-refractivity contribution < 1.29 is 9.21 Å². The Balaban J connectivity index is 2.16. The second-order valence-corrected chi connectivity index (χ2v) is 4.88. The standard InChI is InChI=1S/C13H9NO2S/c1-8-7-16-12-3-2-9(4-11(8)12)13-14-5-10(6-15)17-13/h2-7H,1H3. The van der Waals surface area contributed by atoms with Crippen molar-refractivity contribution >= 4 is 28.6 Å². The molecule has 84 valence electrons. The minimum absolute atomic E-state index is 0.643. The molecule has 4 heteroatoms. The van der Waals surface area contributed by atoms with Crippen molar-refractivity contribution in [3.8, 4) is 10.6 Å². The molecule has 0 unspecified atom stereocenters. The van der Waals surface area contributed by atoms with E-state index in [4.69, 9.17) is 4.42 Å². The Morgan fingerprint density at radius 2 is 2.29 bits per heavy atom. The Hall–Kier alpha value is -1.94. The van der Waals surface area contributed by atoms with Crippen LogP contribution in [-0.2, 0) is 0 Å². The number of thiazole rings is 1. The monoisotopic (exact) mass is 243 g/mol. The third-order valence-electron chi connectivity index (χ3n) is 2.65. The highest BCUT2D eigenvalue weighted by molar-refractivity contribution is 7.16. The maximum absolute atomic E-state index is 10.6. The van der Waals surface area contributed by atoms with Gasteiger partial charge in [-0.05, 0) is 30.7 Å². The summed E-state index contributed by atoms with van der Waals surface area (Å²) < 4.78 is 5.39. The largest absolute Gasteiger partial charge is 0.464 e. The van der Waals surface area contributed by atoms with Crippen molar-refractivity contribution in [2.45, 2.75) is 6.92 Å². The van der Waals surface area contributed by atoms with Crippen LogP contribution in [0.3, 0.4) is 0 Å².